The average molecular weight is 339 g/mol. The van der Waals surface area contributed by atoms with E-state index >= 15 is 0 Å². The van der Waals surface area contributed by atoms with Crippen LogP contribution in [0.3, 0.4) is 0 Å². The number of carbonyl (C=O) groups is 2. The van der Waals surface area contributed by atoms with Crippen molar-refractivity contribution in [1.82, 2.24) is 4.98 Å². The number of fused-ring (bicyclic) bond motifs is 1. The van der Waals surface area contributed by atoms with Crippen molar-refractivity contribution in [2.45, 2.75) is 0 Å². The molecule has 2 aromatic rings. The second-order valence-electron chi connectivity index (χ2n) is 4.09. The third-order valence-corrected chi connectivity index (χ3v) is 3.35. The van der Waals surface area contributed by atoms with Crippen LogP contribution < -0.4 is 4.90 Å². The highest BCUT2D eigenvalue weighted by Crippen LogP contribution is 2.33. The molecule has 0 aliphatic carbocycles. The second-order valence-corrected chi connectivity index (χ2v) is 5.00. The molecule has 0 saturated heterocycles. The summed E-state index contributed by atoms with van der Waals surface area (Å²) in [5.74, 6) is -3.57. The van der Waals surface area contributed by atoms with E-state index in [0.717, 1.165) is 12.1 Å². The highest BCUT2D eigenvalue weighted by Gasteiger charge is 2.39. The van der Waals surface area contributed by atoms with Crippen molar-refractivity contribution >= 4 is 33.4 Å². The summed E-state index contributed by atoms with van der Waals surface area (Å²) in [5, 5.41) is 0. The van der Waals surface area contributed by atoms with E-state index < -0.39 is 29.1 Å². The zero-order valence-corrected chi connectivity index (χ0v) is 11.3. The fraction of sp³-hybridized carbons (Fsp3) is 0. The van der Waals surface area contributed by atoms with Crippen LogP contribution in [0.1, 0.15) is 20.7 Å². The predicted octanol–water partition coefficient (Wildman–Crippen LogP) is 2.92. The molecule has 0 N–H and O–H groups in total. The van der Waals surface area contributed by atoms with Crippen LogP contribution in [0.4, 0.5) is 14.5 Å². The molecule has 20 heavy (non-hydrogen) atoms. The number of aromatic nitrogens is 1. The number of halogens is 3. The van der Waals surface area contributed by atoms with Gasteiger partial charge in [-0.15, -0.1) is 0 Å². The van der Waals surface area contributed by atoms with E-state index in [4.69, 9.17) is 0 Å². The minimum Gasteiger partial charge on any atom is -0.268 e. The smallest absolute Gasteiger partial charge is 0.267 e. The first-order valence-corrected chi connectivity index (χ1v) is 6.27. The van der Waals surface area contributed by atoms with Gasteiger partial charge in [0.25, 0.3) is 11.8 Å². The van der Waals surface area contributed by atoms with E-state index in [2.05, 4.69) is 20.9 Å². The van der Waals surface area contributed by atoms with Crippen LogP contribution in [0.15, 0.2) is 35.1 Å². The normalized spacial score (nSPS) is 13.8. The number of anilines is 1. The summed E-state index contributed by atoms with van der Waals surface area (Å²) in [7, 11) is 0. The van der Waals surface area contributed by atoms with Crippen LogP contribution in [-0.4, -0.2) is 16.8 Å². The molecule has 4 nitrogen and oxygen atoms in total. The van der Waals surface area contributed by atoms with Gasteiger partial charge < -0.3 is 0 Å². The molecular weight excluding hydrogens is 334 g/mol. The monoisotopic (exact) mass is 338 g/mol. The minimum absolute atomic E-state index is 0.0271. The Hall–Kier alpha value is -2.15. The first-order chi connectivity index (χ1) is 9.50. The van der Waals surface area contributed by atoms with Gasteiger partial charge in [0.05, 0.1) is 11.1 Å². The second kappa shape index (κ2) is 4.45. The van der Waals surface area contributed by atoms with Gasteiger partial charge in [0.1, 0.15) is 5.69 Å². The van der Waals surface area contributed by atoms with Crippen LogP contribution in [0.2, 0.25) is 0 Å². The number of rotatable bonds is 1. The Balaban J connectivity index is 2.19. The van der Waals surface area contributed by atoms with Crippen LogP contribution in [0, 0.1) is 11.6 Å². The number of pyridine rings is 1. The van der Waals surface area contributed by atoms with E-state index in [-0.39, 0.29) is 15.6 Å². The Kier molecular flexibility index (Phi) is 2.86. The van der Waals surface area contributed by atoms with Gasteiger partial charge in [-0.3, -0.25) is 14.6 Å². The fourth-order valence-corrected chi connectivity index (χ4v) is 2.44. The number of imide groups is 1. The SMILES string of the molecule is O=C1c2ccncc2C(=O)N1c1c(F)cc(Br)cc1F. The van der Waals surface area contributed by atoms with E-state index in [1.807, 2.05) is 0 Å². The summed E-state index contributed by atoms with van der Waals surface area (Å²) in [6.07, 6.45) is 2.53. The summed E-state index contributed by atoms with van der Waals surface area (Å²) in [5.41, 5.74) is -0.578. The summed E-state index contributed by atoms with van der Waals surface area (Å²) >= 11 is 2.94. The number of carbonyl (C=O) groups excluding carboxylic acids is 2. The Morgan fingerprint density at radius 1 is 1.05 bits per heavy atom. The maximum Gasteiger partial charge on any atom is 0.267 e. The quantitative estimate of drug-likeness (QED) is 0.751. The predicted molar refractivity (Wildman–Crippen MR) is 69.4 cm³/mol. The molecule has 0 atom stereocenters. The zero-order chi connectivity index (χ0) is 14.4. The largest absolute Gasteiger partial charge is 0.268 e. The lowest BCUT2D eigenvalue weighted by Crippen LogP contribution is -2.31. The van der Waals surface area contributed by atoms with E-state index in [1.165, 1.54) is 18.5 Å². The highest BCUT2D eigenvalue weighted by molar-refractivity contribution is 9.10. The maximum absolute atomic E-state index is 13.9. The molecule has 100 valence electrons. The summed E-state index contributed by atoms with van der Waals surface area (Å²) < 4.78 is 28.0. The molecule has 0 fully saturated rings. The molecule has 1 aromatic heterocycles. The van der Waals surface area contributed by atoms with Crippen molar-refractivity contribution in [2.24, 2.45) is 0 Å². The number of benzene rings is 1. The number of amides is 2. The van der Waals surface area contributed by atoms with Crippen LogP contribution in [0.25, 0.3) is 0 Å². The molecule has 0 saturated carbocycles. The molecule has 0 unspecified atom stereocenters. The molecule has 1 aliphatic heterocycles. The van der Waals surface area contributed by atoms with Crippen molar-refractivity contribution in [3.8, 4) is 0 Å². The van der Waals surface area contributed by atoms with Crippen LogP contribution >= 0.6 is 15.9 Å². The van der Waals surface area contributed by atoms with Crippen LogP contribution in [-0.2, 0) is 0 Å². The van der Waals surface area contributed by atoms with Gasteiger partial charge in [-0.2, -0.15) is 0 Å². The highest BCUT2D eigenvalue weighted by atomic mass is 79.9. The van der Waals surface area contributed by atoms with Gasteiger partial charge in [0.2, 0.25) is 0 Å². The molecule has 2 heterocycles. The minimum atomic E-state index is -1.00. The fourth-order valence-electron chi connectivity index (χ4n) is 2.04. The molecule has 0 bridgehead atoms. The van der Waals surface area contributed by atoms with Crippen LogP contribution in [0.5, 0.6) is 0 Å². The molecule has 0 spiro atoms. The molecule has 1 aromatic carbocycles. The number of hydrogen-bond donors (Lipinski definition) is 0. The van der Waals surface area contributed by atoms with Crippen molar-refractivity contribution in [2.75, 3.05) is 4.90 Å². The van der Waals surface area contributed by atoms with Crippen molar-refractivity contribution in [1.29, 1.82) is 0 Å². The molecule has 7 heteroatoms. The summed E-state index contributed by atoms with van der Waals surface area (Å²) in [4.78, 5) is 28.5. The molecule has 1 aliphatic rings. The van der Waals surface area contributed by atoms with Gasteiger partial charge in [0.15, 0.2) is 11.6 Å². The van der Waals surface area contributed by atoms with Gasteiger partial charge in [-0.1, -0.05) is 15.9 Å². The number of nitrogens with zero attached hydrogens (tertiary/aromatic N) is 2. The standard InChI is InChI=1S/C13H5BrF2N2O2/c14-6-3-9(15)11(10(16)4-6)18-12(19)7-1-2-17-5-8(7)13(18)20/h1-5H. The van der Waals surface area contributed by atoms with Crippen molar-refractivity contribution in [3.05, 3.63) is 57.8 Å². The Morgan fingerprint density at radius 3 is 2.25 bits per heavy atom. The number of hydrogen-bond acceptors (Lipinski definition) is 3. The Morgan fingerprint density at radius 2 is 1.65 bits per heavy atom. The van der Waals surface area contributed by atoms with Gasteiger partial charge >= 0.3 is 0 Å². The first-order valence-electron chi connectivity index (χ1n) is 5.48. The Labute approximate surface area is 120 Å². The Bertz CT molecular complexity index is 706. The molecular formula is C13H5BrF2N2O2. The van der Waals surface area contributed by atoms with E-state index in [1.54, 1.807) is 0 Å². The van der Waals surface area contributed by atoms with Crippen molar-refractivity contribution in [3.63, 3.8) is 0 Å². The van der Waals surface area contributed by atoms with E-state index in [9.17, 15) is 18.4 Å². The average Bonchev–Trinajstić information content (AvgIpc) is 2.64. The third-order valence-electron chi connectivity index (χ3n) is 2.89. The lowest BCUT2D eigenvalue weighted by atomic mass is 10.2. The lowest BCUT2D eigenvalue weighted by molar-refractivity contribution is 0.0923. The topological polar surface area (TPSA) is 50.3 Å². The molecule has 3 rings (SSSR count). The zero-order valence-electron chi connectivity index (χ0n) is 9.73. The molecule has 2 amide bonds. The lowest BCUT2D eigenvalue weighted by Gasteiger charge is -2.15. The summed E-state index contributed by atoms with van der Waals surface area (Å²) in [6.45, 7) is 0. The third kappa shape index (κ3) is 1.74. The van der Waals surface area contributed by atoms with Gasteiger partial charge in [-0.05, 0) is 18.2 Å². The first kappa shape index (κ1) is 12.9. The van der Waals surface area contributed by atoms with Gasteiger partial charge in [0, 0.05) is 16.9 Å². The van der Waals surface area contributed by atoms with Gasteiger partial charge in [-0.25, -0.2) is 13.7 Å². The summed E-state index contributed by atoms with van der Waals surface area (Å²) in [6, 6.07) is 3.31. The van der Waals surface area contributed by atoms with E-state index in [0.29, 0.717) is 4.90 Å². The maximum atomic E-state index is 13.9. The molecule has 0 radical (unpaired) electrons. The van der Waals surface area contributed by atoms with Crippen molar-refractivity contribution < 1.29 is 18.4 Å².